The first-order chi connectivity index (χ1) is 23.5. The number of nitrogens with one attached hydrogen (secondary N) is 2. The number of carboxylic acids is 1. The summed E-state index contributed by atoms with van der Waals surface area (Å²) in [6.45, 7) is 3.09. The molecule has 10 N–H and O–H groups in total. The van der Waals surface area contributed by atoms with Crippen LogP contribution in [0, 0.1) is 11.8 Å². The van der Waals surface area contributed by atoms with E-state index in [-0.39, 0.29) is 62.4 Å². The number of allylic oxidation sites excluding steroid dienone is 2. The Morgan fingerprint density at radius 1 is 1.20 bits per heavy atom. The third-order valence-corrected chi connectivity index (χ3v) is 7.88. The van der Waals surface area contributed by atoms with Crippen LogP contribution >= 0.6 is 0 Å². The van der Waals surface area contributed by atoms with Gasteiger partial charge in [0.2, 0.25) is 6.29 Å². The predicted molar refractivity (Wildman–Crippen MR) is 172 cm³/mol. The van der Waals surface area contributed by atoms with Gasteiger partial charge in [-0.05, 0) is 13.5 Å². The summed E-state index contributed by atoms with van der Waals surface area (Å²) in [7, 11) is 2.79. The van der Waals surface area contributed by atoms with Crippen molar-refractivity contribution in [1.29, 1.82) is 0 Å². The maximum Gasteiger partial charge on any atom is 0.337 e. The second-order valence-electron chi connectivity index (χ2n) is 11.1. The van der Waals surface area contributed by atoms with Gasteiger partial charge in [-0.3, -0.25) is 10.3 Å². The van der Waals surface area contributed by atoms with Crippen LogP contribution in [0.4, 0.5) is 0 Å². The standard InChI is InChI=1S/C31H47N5O13/c1-4-18-19(7-6-17-12-36(9-11-38)13-20(27(42)43)23(17)35-31(32)34-8-5-10-37)21(28(44)45-3)15-46-29(18)49-30-26(47-16-33-2)25(41)24(40)22(14-39)48-30/h4,6-7,12,15,18-19,22,24-26,29-30,33,37-41H,1,5,8-11,13-14,16H2,2-3H3,(H,42,43)(H3,32,34,35). The molecule has 3 rings (SSSR count). The molecule has 0 aromatic rings. The van der Waals surface area contributed by atoms with Gasteiger partial charge in [0.15, 0.2) is 12.2 Å². The first-order valence-corrected chi connectivity index (χ1v) is 15.5. The van der Waals surface area contributed by atoms with E-state index < -0.39 is 67.4 Å². The molecule has 1 fully saturated rings. The molecule has 0 amide bonds. The van der Waals surface area contributed by atoms with Gasteiger partial charge in [-0.15, -0.1) is 6.58 Å². The Balaban J connectivity index is 2.03. The molecule has 0 aromatic heterocycles. The van der Waals surface area contributed by atoms with Crippen LogP contribution in [0.2, 0.25) is 0 Å². The van der Waals surface area contributed by atoms with E-state index in [4.69, 9.17) is 34.5 Å². The van der Waals surface area contributed by atoms with Gasteiger partial charge in [0.25, 0.3) is 0 Å². The number of carbonyl (C=O) groups excluding carboxylic acids is 1. The summed E-state index contributed by atoms with van der Waals surface area (Å²) in [6, 6.07) is 0. The number of nitrogens with zero attached hydrogens (tertiary/aromatic N) is 2. The summed E-state index contributed by atoms with van der Waals surface area (Å²) in [6.07, 6.45) is -0.283. The van der Waals surface area contributed by atoms with Crippen molar-refractivity contribution in [3.8, 4) is 0 Å². The Kier molecular flexibility index (Phi) is 15.6. The summed E-state index contributed by atoms with van der Waals surface area (Å²) in [5.74, 6) is -3.76. The minimum Gasteiger partial charge on any atom is -0.478 e. The highest BCUT2D eigenvalue weighted by Crippen LogP contribution is 2.37. The molecular formula is C31H47N5O13. The molecule has 3 heterocycles. The average molecular weight is 698 g/mol. The molecule has 0 radical (unpaired) electrons. The van der Waals surface area contributed by atoms with E-state index in [1.54, 1.807) is 30.3 Å². The van der Waals surface area contributed by atoms with E-state index in [0.29, 0.717) is 12.0 Å². The fraction of sp³-hybridized carbons (Fsp3) is 0.581. The van der Waals surface area contributed by atoms with Crippen molar-refractivity contribution in [2.75, 3.05) is 60.3 Å². The van der Waals surface area contributed by atoms with Gasteiger partial charge in [-0.25, -0.2) is 9.59 Å². The summed E-state index contributed by atoms with van der Waals surface area (Å²) in [4.78, 5) is 31.0. The second-order valence-corrected chi connectivity index (χ2v) is 11.1. The number of guanidine groups is 1. The maximum absolute atomic E-state index is 12.9. The molecule has 0 aliphatic carbocycles. The number of β-amino-alcohol motifs (C(OH)–C–C–N with tert-alkyl or cyclic N) is 1. The Morgan fingerprint density at radius 3 is 2.57 bits per heavy atom. The fourth-order valence-electron chi connectivity index (χ4n) is 5.38. The first kappa shape index (κ1) is 39.6. The van der Waals surface area contributed by atoms with Gasteiger partial charge < -0.3 is 70.3 Å². The number of carboxylic acid groups (broad SMARTS) is 1. The zero-order valence-electron chi connectivity index (χ0n) is 27.4. The zero-order chi connectivity index (χ0) is 36.1. The number of esters is 1. The van der Waals surface area contributed by atoms with Gasteiger partial charge in [0.1, 0.15) is 24.4 Å². The van der Waals surface area contributed by atoms with Crippen LogP contribution in [-0.4, -0.2) is 151 Å². The van der Waals surface area contributed by atoms with E-state index in [2.05, 4.69) is 22.2 Å². The predicted octanol–water partition coefficient (Wildman–Crippen LogP) is -2.79. The van der Waals surface area contributed by atoms with E-state index in [9.17, 15) is 35.1 Å². The van der Waals surface area contributed by atoms with Gasteiger partial charge in [-0.2, -0.15) is 0 Å². The Morgan fingerprint density at radius 2 is 1.96 bits per heavy atom. The van der Waals surface area contributed by atoms with Crippen molar-refractivity contribution in [1.82, 2.24) is 15.5 Å². The van der Waals surface area contributed by atoms with Crippen LogP contribution in [-0.2, 0) is 33.3 Å². The molecule has 3 aliphatic rings. The average Bonchev–Trinajstić information content (AvgIpc) is 3.09. The molecule has 0 saturated carbocycles. The zero-order valence-corrected chi connectivity index (χ0v) is 27.4. The molecular weight excluding hydrogens is 650 g/mol. The number of methoxy groups -OCH3 is 1. The van der Waals surface area contributed by atoms with Crippen molar-refractivity contribution < 1.29 is 63.9 Å². The first-order valence-electron chi connectivity index (χ1n) is 15.5. The number of aliphatic carboxylic acids is 1. The van der Waals surface area contributed by atoms with Crippen molar-refractivity contribution >= 4 is 17.9 Å². The number of carbonyl (C=O) groups is 2. The minimum absolute atomic E-state index is 0.0447. The lowest BCUT2D eigenvalue weighted by Crippen LogP contribution is -2.61. The highest BCUT2D eigenvalue weighted by molar-refractivity contribution is 5.92. The normalized spacial score (nSPS) is 29.3. The lowest BCUT2D eigenvalue weighted by atomic mass is 9.83. The van der Waals surface area contributed by atoms with Crippen molar-refractivity contribution in [3.05, 3.63) is 59.7 Å². The van der Waals surface area contributed by atoms with Crippen LogP contribution in [0.3, 0.4) is 0 Å². The van der Waals surface area contributed by atoms with Crippen molar-refractivity contribution in [3.63, 3.8) is 0 Å². The van der Waals surface area contributed by atoms with Crippen LogP contribution in [0.1, 0.15) is 6.42 Å². The number of hydrogen-bond acceptors (Lipinski definition) is 15. The Bertz CT molecular complexity index is 1300. The maximum atomic E-state index is 12.9. The number of aliphatic hydroxyl groups excluding tert-OH is 5. The third-order valence-electron chi connectivity index (χ3n) is 7.88. The molecule has 3 aliphatic heterocycles. The molecule has 0 spiro atoms. The smallest absolute Gasteiger partial charge is 0.337 e. The molecule has 18 nitrogen and oxygen atoms in total. The van der Waals surface area contributed by atoms with Gasteiger partial charge in [0.05, 0.1) is 62.6 Å². The van der Waals surface area contributed by atoms with E-state index >= 15 is 0 Å². The van der Waals surface area contributed by atoms with Crippen LogP contribution < -0.4 is 16.4 Å². The molecule has 49 heavy (non-hydrogen) atoms. The lowest BCUT2D eigenvalue weighted by Gasteiger charge is -2.44. The quantitative estimate of drug-likeness (QED) is 0.0186. The summed E-state index contributed by atoms with van der Waals surface area (Å²) < 4.78 is 28.3. The molecule has 1 saturated heterocycles. The third kappa shape index (κ3) is 10.1. The molecule has 0 bridgehead atoms. The number of aliphatic hydroxyl groups is 5. The molecule has 8 atom stereocenters. The molecule has 274 valence electrons. The number of nitrogens with two attached hydrogens (primary N) is 1. The van der Waals surface area contributed by atoms with Crippen LogP contribution in [0.25, 0.3) is 0 Å². The van der Waals surface area contributed by atoms with Crippen molar-refractivity contribution in [2.24, 2.45) is 22.6 Å². The van der Waals surface area contributed by atoms with E-state index in [0.717, 1.165) is 6.26 Å². The van der Waals surface area contributed by atoms with Gasteiger partial charge >= 0.3 is 11.9 Å². The highest BCUT2D eigenvalue weighted by Gasteiger charge is 2.48. The van der Waals surface area contributed by atoms with E-state index in [1.165, 1.54) is 13.2 Å². The SMILES string of the molecule is C=CC1C(OC2OC(CO)C(O)C(O)C2OCNC)OC=C(C(=O)OC)C1C=CC1=CN(CCO)CC(C(=O)O)=C1NC(N)=NCCCO. The number of aliphatic imine (C=N–C) groups is 1. The van der Waals surface area contributed by atoms with Gasteiger partial charge in [-0.1, -0.05) is 18.2 Å². The topological polar surface area (TPSA) is 267 Å². The second kappa shape index (κ2) is 19.4. The highest BCUT2D eigenvalue weighted by atomic mass is 16.8. The largest absolute Gasteiger partial charge is 0.478 e. The number of ether oxygens (including phenoxy) is 5. The molecule has 0 aromatic carbocycles. The Hall–Kier alpha value is -3.85. The monoisotopic (exact) mass is 697 g/mol. The minimum atomic E-state index is -1.51. The summed E-state index contributed by atoms with van der Waals surface area (Å²) in [5.41, 5.74) is 6.46. The number of rotatable bonds is 17. The van der Waals surface area contributed by atoms with Crippen molar-refractivity contribution in [2.45, 2.75) is 43.4 Å². The number of hydrogen-bond donors (Lipinski definition) is 9. The Labute approximate surface area is 283 Å². The van der Waals surface area contributed by atoms with E-state index in [1.807, 2.05) is 0 Å². The summed E-state index contributed by atoms with van der Waals surface area (Å²) >= 11 is 0. The lowest BCUT2D eigenvalue weighted by molar-refractivity contribution is -0.345. The van der Waals surface area contributed by atoms with Crippen LogP contribution in [0.5, 0.6) is 0 Å². The fourth-order valence-corrected chi connectivity index (χ4v) is 5.38. The van der Waals surface area contributed by atoms with Gasteiger partial charge in [0, 0.05) is 37.4 Å². The summed E-state index contributed by atoms with van der Waals surface area (Å²) in [5, 5.41) is 65.3. The molecule has 18 heteroatoms. The molecule has 8 unspecified atom stereocenters. The van der Waals surface area contributed by atoms with Crippen LogP contribution in [0.15, 0.2) is 64.7 Å².